The second kappa shape index (κ2) is 9.98. The fourth-order valence-corrected chi connectivity index (χ4v) is 3.98. The molecule has 0 fully saturated rings. The van der Waals surface area contributed by atoms with E-state index in [1.807, 2.05) is 0 Å². The van der Waals surface area contributed by atoms with E-state index in [0.717, 1.165) is 4.68 Å². The largest absolute Gasteiger partial charge is 0.456 e. The number of hydrogen-bond acceptors (Lipinski definition) is 6. The lowest BCUT2D eigenvalue weighted by atomic mass is 10.1. The average molecular weight is 497 g/mol. The SMILES string of the molecule is Cc1cc(C(=O)COC(=O)Cn2[nH]c(=O)c3ccccc3c2=O)c(C)n1-c1ccc(OC(F)F)cc1. The van der Waals surface area contributed by atoms with Gasteiger partial charge in [0.1, 0.15) is 12.3 Å². The number of benzene rings is 2. The molecule has 0 aliphatic heterocycles. The Morgan fingerprint density at radius 1 is 1.00 bits per heavy atom. The molecule has 9 nitrogen and oxygen atoms in total. The van der Waals surface area contributed by atoms with E-state index in [-0.39, 0.29) is 16.5 Å². The standard InChI is InChI=1S/C25H21F2N3O6/c1-14-11-20(15(2)30(14)16-7-9-17(10-8-16)36-25(26)27)21(31)13-35-22(32)12-29-24(34)19-6-4-3-5-18(19)23(33)28-29/h3-11,25H,12-13H2,1-2H3,(H,28,33). The molecule has 36 heavy (non-hydrogen) atoms. The van der Waals surface area contributed by atoms with Gasteiger partial charge in [-0.15, -0.1) is 0 Å². The Morgan fingerprint density at radius 2 is 1.67 bits per heavy atom. The summed E-state index contributed by atoms with van der Waals surface area (Å²) in [6.45, 7) is -0.611. The number of rotatable bonds is 8. The molecule has 2 heterocycles. The lowest BCUT2D eigenvalue weighted by molar-refractivity contribution is -0.143. The quantitative estimate of drug-likeness (QED) is 0.296. The molecule has 2 aromatic carbocycles. The van der Waals surface area contributed by atoms with E-state index in [4.69, 9.17) is 4.74 Å². The maximum atomic E-state index is 12.8. The maximum absolute atomic E-state index is 12.8. The van der Waals surface area contributed by atoms with Crippen LogP contribution in [0.2, 0.25) is 0 Å². The molecule has 11 heteroatoms. The summed E-state index contributed by atoms with van der Waals surface area (Å²) in [5.74, 6) is -1.34. The maximum Gasteiger partial charge on any atom is 0.387 e. The summed E-state index contributed by atoms with van der Waals surface area (Å²) in [6, 6.07) is 13.8. The van der Waals surface area contributed by atoms with Crippen LogP contribution in [0, 0.1) is 13.8 Å². The van der Waals surface area contributed by atoms with Crippen molar-refractivity contribution < 1.29 is 27.8 Å². The second-order valence-electron chi connectivity index (χ2n) is 7.95. The third-order valence-corrected chi connectivity index (χ3v) is 5.59. The number of nitrogens with one attached hydrogen (secondary N) is 1. The molecule has 186 valence electrons. The van der Waals surface area contributed by atoms with Crippen LogP contribution in [0.15, 0.2) is 64.2 Å². The summed E-state index contributed by atoms with van der Waals surface area (Å²) in [4.78, 5) is 49.8. The second-order valence-corrected chi connectivity index (χ2v) is 7.95. The van der Waals surface area contributed by atoms with Crippen molar-refractivity contribution in [1.29, 1.82) is 0 Å². The first-order valence-electron chi connectivity index (χ1n) is 10.8. The van der Waals surface area contributed by atoms with E-state index in [1.54, 1.807) is 48.7 Å². The monoisotopic (exact) mass is 497 g/mol. The Labute approximate surface area is 202 Å². The molecular weight excluding hydrogens is 476 g/mol. The first-order valence-corrected chi connectivity index (χ1v) is 10.8. The molecule has 0 aliphatic rings. The van der Waals surface area contributed by atoms with Gasteiger partial charge in [0.25, 0.3) is 11.1 Å². The van der Waals surface area contributed by atoms with E-state index < -0.39 is 42.6 Å². The number of ether oxygens (including phenoxy) is 2. The predicted octanol–water partition coefficient (Wildman–Crippen LogP) is 3.12. The van der Waals surface area contributed by atoms with Gasteiger partial charge in [-0.05, 0) is 56.3 Å². The number of aryl methyl sites for hydroxylation is 1. The number of halogens is 2. The van der Waals surface area contributed by atoms with E-state index >= 15 is 0 Å². The molecule has 0 bridgehead atoms. The summed E-state index contributed by atoms with van der Waals surface area (Å²) in [5, 5.41) is 2.69. The Hall–Kier alpha value is -4.54. The number of fused-ring (bicyclic) bond motifs is 1. The van der Waals surface area contributed by atoms with Gasteiger partial charge in [0.2, 0.25) is 5.78 Å². The fraction of sp³-hybridized carbons (Fsp3) is 0.200. The summed E-state index contributed by atoms with van der Waals surface area (Å²) in [6.07, 6.45) is 0. The van der Waals surface area contributed by atoms with Crippen LogP contribution in [0.25, 0.3) is 16.5 Å². The highest BCUT2D eigenvalue weighted by Gasteiger charge is 2.19. The number of hydrogen-bond donors (Lipinski definition) is 1. The molecule has 0 radical (unpaired) electrons. The summed E-state index contributed by atoms with van der Waals surface area (Å²) >= 11 is 0. The highest BCUT2D eigenvalue weighted by Crippen LogP contribution is 2.24. The number of alkyl halides is 2. The van der Waals surface area contributed by atoms with Crippen LogP contribution in [0.4, 0.5) is 8.78 Å². The molecular formula is C25H21F2N3O6. The number of aromatic nitrogens is 3. The lowest BCUT2D eigenvalue weighted by Gasteiger charge is -2.11. The molecule has 0 amide bonds. The number of nitrogens with zero attached hydrogens (tertiary/aromatic N) is 2. The highest BCUT2D eigenvalue weighted by molar-refractivity contribution is 5.99. The number of Topliss-reactive ketones (excluding diaryl/α,β-unsaturated/α-hetero) is 1. The van der Waals surface area contributed by atoms with Crippen LogP contribution in [0.3, 0.4) is 0 Å². The molecule has 0 atom stereocenters. The minimum Gasteiger partial charge on any atom is -0.456 e. The number of carbonyl (C=O) groups is 2. The van der Waals surface area contributed by atoms with Crippen molar-refractivity contribution >= 4 is 22.5 Å². The minimum absolute atomic E-state index is 0.00582. The van der Waals surface area contributed by atoms with Crippen molar-refractivity contribution in [1.82, 2.24) is 14.3 Å². The van der Waals surface area contributed by atoms with Crippen molar-refractivity contribution in [2.75, 3.05) is 6.61 Å². The topological polar surface area (TPSA) is 112 Å². The van der Waals surface area contributed by atoms with Crippen molar-refractivity contribution in [3.63, 3.8) is 0 Å². The van der Waals surface area contributed by atoms with E-state index in [2.05, 4.69) is 9.84 Å². The zero-order valence-electron chi connectivity index (χ0n) is 19.3. The molecule has 0 spiro atoms. The number of esters is 1. The molecule has 0 saturated carbocycles. The zero-order chi connectivity index (χ0) is 26.0. The number of carbonyl (C=O) groups excluding carboxylic acids is 2. The number of H-pyrrole nitrogens is 1. The fourth-order valence-electron chi connectivity index (χ4n) is 3.98. The molecule has 2 aromatic heterocycles. The van der Waals surface area contributed by atoms with E-state index in [0.29, 0.717) is 22.6 Å². The molecule has 4 rings (SSSR count). The van der Waals surface area contributed by atoms with Gasteiger partial charge in [-0.2, -0.15) is 8.78 Å². The van der Waals surface area contributed by atoms with Crippen molar-refractivity contribution in [3.05, 3.63) is 92.3 Å². The van der Waals surface area contributed by atoms with Crippen LogP contribution in [-0.2, 0) is 16.1 Å². The third-order valence-electron chi connectivity index (χ3n) is 5.59. The van der Waals surface area contributed by atoms with Gasteiger partial charge in [0.15, 0.2) is 6.61 Å². The molecule has 4 aromatic rings. The van der Waals surface area contributed by atoms with Gasteiger partial charge in [0.05, 0.1) is 10.8 Å². The van der Waals surface area contributed by atoms with Crippen molar-refractivity contribution in [2.24, 2.45) is 0 Å². The highest BCUT2D eigenvalue weighted by atomic mass is 19.3. The summed E-state index contributed by atoms with van der Waals surface area (Å²) < 4.78 is 36.8. The first-order chi connectivity index (χ1) is 17.2. The van der Waals surface area contributed by atoms with Crippen LogP contribution < -0.4 is 15.9 Å². The van der Waals surface area contributed by atoms with E-state index in [1.165, 1.54) is 24.3 Å². The van der Waals surface area contributed by atoms with Crippen LogP contribution in [-0.4, -0.2) is 39.3 Å². The van der Waals surface area contributed by atoms with E-state index in [9.17, 15) is 28.0 Å². The molecule has 0 unspecified atom stereocenters. The lowest BCUT2D eigenvalue weighted by Crippen LogP contribution is -2.33. The summed E-state index contributed by atoms with van der Waals surface area (Å²) in [5.41, 5.74) is 1.10. The van der Waals surface area contributed by atoms with Crippen LogP contribution in [0.1, 0.15) is 21.7 Å². The molecule has 0 saturated heterocycles. The number of aromatic amines is 1. The van der Waals surface area contributed by atoms with Crippen LogP contribution >= 0.6 is 0 Å². The smallest absolute Gasteiger partial charge is 0.387 e. The minimum atomic E-state index is -2.93. The Kier molecular flexibility index (Phi) is 6.82. The summed E-state index contributed by atoms with van der Waals surface area (Å²) in [7, 11) is 0. The molecule has 1 N–H and O–H groups in total. The van der Waals surface area contributed by atoms with Gasteiger partial charge in [-0.1, -0.05) is 12.1 Å². The van der Waals surface area contributed by atoms with Crippen molar-refractivity contribution in [2.45, 2.75) is 27.0 Å². The van der Waals surface area contributed by atoms with Gasteiger partial charge >= 0.3 is 12.6 Å². The molecule has 0 aliphatic carbocycles. The Bertz CT molecular complexity index is 1570. The van der Waals surface area contributed by atoms with Gasteiger partial charge in [-0.3, -0.25) is 24.3 Å². The Balaban J connectivity index is 1.46. The van der Waals surface area contributed by atoms with Gasteiger partial charge < -0.3 is 14.0 Å². The average Bonchev–Trinajstić information content (AvgIpc) is 3.15. The Morgan fingerprint density at radius 3 is 2.33 bits per heavy atom. The normalized spacial score (nSPS) is 11.1. The van der Waals surface area contributed by atoms with Crippen LogP contribution in [0.5, 0.6) is 5.75 Å². The van der Waals surface area contributed by atoms with Gasteiger partial charge in [0, 0.05) is 22.6 Å². The first kappa shape index (κ1) is 24.6. The predicted molar refractivity (Wildman–Crippen MR) is 126 cm³/mol. The van der Waals surface area contributed by atoms with Gasteiger partial charge in [-0.25, -0.2) is 4.68 Å². The number of ketones is 1. The van der Waals surface area contributed by atoms with Crippen molar-refractivity contribution in [3.8, 4) is 11.4 Å². The zero-order valence-corrected chi connectivity index (χ0v) is 19.3. The third kappa shape index (κ3) is 4.95.